The molecule has 2 aromatic rings. The van der Waals surface area contributed by atoms with Crippen LogP contribution >= 0.6 is 0 Å². The number of carbonyl (C=O) groups is 3. The smallest absolute Gasteiger partial charge is 0.407 e. The molecule has 0 radical (unpaired) electrons. The van der Waals surface area contributed by atoms with Crippen LogP contribution in [0.4, 0.5) is 4.79 Å². The van der Waals surface area contributed by atoms with Gasteiger partial charge in [0.05, 0.1) is 49.6 Å². The fraction of sp³-hybridized carbons (Fsp3) is 0.464. The van der Waals surface area contributed by atoms with Crippen molar-refractivity contribution in [2.45, 2.75) is 57.0 Å². The Morgan fingerprint density at radius 1 is 1.11 bits per heavy atom. The van der Waals surface area contributed by atoms with Crippen LogP contribution in [0.3, 0.4) is 0 Å². The van der Waals surface area contributed by atoms with Crippen molar-refractivity contribution in [1.82, 2.24) is 15.1 Å². The molecule has 0 saturated carbocycles. The number of aliphatic hydroxyl groups is 1. The molecular weight excluding hydrogens is 490 g/mol. The lowest BCUT2D eigenvalue weighted by Gasteiger charge is -2.37. The Kier molecular flexibility index (Phi) is 7.53. The van der Waals surface area contributed by atoms with Gasteiger partial charge in [-0.25, -0.2) is 4.79 Å². The van der Waals surface area contributed by atoms with Crippen molar-refractivity contribution >= 4 is 17.9 Å². The summed E-state index contributed by atoms with van der Waals surface area (Å²) < 4.78 is 11.3. The summed E-state index contributed by atoms with van der Waals surface area (Å²) >= 11 is 0. The van der Waals surface area contributed by atoms with Gasteiger partial charge in [0, 0.05) is 18.7 Å². The highest BCUT2D eigenvalue weighted by atomic mass is 16.5. The zero-order valence-corrected chi connectivity index (χ0v) is 21.3. The monoisotopic (exact) mass is 523 g/mol. The second kappa shape index (κ2) is 11.0. The van der Waals surface area contributed by atoms with E-state index < -0.39 is 24.1 Å². The molecule has 38 heavy (non-hydrogen) atoms. The van der Waals surface area contributed by atoms with Crippen LogP contribution in [0.5, 0.6) is 5.75 Å². The molecule has 4 unspecified atom stereocenters. The van der Waals surface area contributed by atoms with Gasteiger partial charge in [0.1, 0.15) is 5.75 Å². The number of aliphatic hydroxyl groups excluding tert-OH is 1. The molecule has 5 rings (SSSR count). The zero-order chi connectivity index (χ0) is 26.8. The largest absolute Gasteiger partial charge is 0.493 e. The molecule has 3 N–H and O–H groups in total. The number of ether oxygens (including phenoxy) is 2. The number of nitrogens with one attached hydrogen (secondary N) is 1. The van der Waals surface area contributed by atoms with Crippen LogP contribution in [0.2, 0.25) is 0 Å². The quantitative estimate of drug-likeness (QED) is 0.508. The topological polar surface area (TPSA) is 129 Å². The van der Waals surface area contributed by atoms with E-state index in [2.05, 4.69) is 5.32 Å². The highest BCUT2D eigenvalue weighted by molar-refractivity contribution is 6.00. The number of rotatable bonds is 7. The average molecular weight is 524 g/mol. The minimum Gasteiger partial charge on any atom is -0.493 e. The summed E-state index contributed by atoms with van der Waals surface area (Å²) in [6, 6.07) is 11.8. The second-order valence-electron chi connectivity index (χ2n) is 10.0. The molecule has 2 saturated heterocycles. The van der Waals surface area contributed by atoms with Crippen LogP contribution in [0.15, 0.2) is 42.5 Å². The van der Waals surface area contributed by atoms with Crippen LogP contribution in [0.25, 0.3) is 0 Å². The van der Waals surface area contributed by atoms with Crippen molar-refractivity contribution in [3.05, 3.63) is 64.7 Å². The fourth-order valence-electron chi connectivity index (χ4n) is 5.76. The Bertz CT molecular complexity index is 1200. The lowest BCUT2D eigenvalue weighted by Crippen LogP contribution is -2.53. The number of carboxylic acid groups (broad SMARTS) is 1. The van der Waals surface area contributed by atoms with E-state index in [1.807, 2.05) is 29.2 Å². The second-order valence-corrected chi connectivity index (χ2v) is 10.0. The molecule has 10 heteroatoms. The number of morpholine rings is 1. The van der Waals surface area contributed by atoms with Gasteiger partial charge in [-0.15, -0.1) is 0 Å². The molecule has 0 aliphatic carbocycles. The standard InChI is InChI=1S/C28H33N3O7/c1-2-38-25-12-18(27(34)31-20-8-9-21(31)16-37-15-20)7-10-22(25)26(33)29-13-24(32)23-11-17-5-3-4-6-19(17)14-30(23)28(35)36/h3-7,10,12,20-21,23-24,32H,2,8-9,11,13-16H2,1H3,(H,29,33)(H,35,36). The van der Waals surface area contributed by atoms with Crippen LogP contribution in [0, 0.1) is 0 Å². The summed E-state index contributed by atoms with van der Waals surface area (Å²) in [5.41, 5.74) is 2.57. The number of amides is 3. The number of hydrogen-bond acceptors (Lipinski definition) is 6. The number of fused-ring (bicyclic) bond motifs is 3. The summed E-state index contributed by atoms with van der Waals surface area (Å²) in [6.45, 7) is 3.21. The molecule has 4 atom stereocenters. The van der Waals surface area contributed by atoms with E-state index in [0.29, 0.717) is 31.8 Å². The summed E-state index contributed by atoms with van der Waals surface area (Å²) in [6.07, 6.45) is -0.0456. The van der Waals surface area contributed by atoms with Crippen molar-refractivity contribution in [2.24, 2.45) is 0 Å². The van der Waals surface area contributed by atoms with Crippen molar-refractivity contribution < 1.29 is 34.1 Å². The summed E-state index contributed by atoms with van der Waals surface area (Å²) in [4.78, 5) is 41.4. The third kappa shape index (κ3) is 5.06. The first-order valence-electron chi connectivity index (χ1n) is 13.1. The lowest BCUT2D eigenvalue weighted by molar-refractivity contribution is -0.00717. The molecule has 0 spiro atoms. The van der Waals surface area contributed by atoms with Crippen LogP contribution in [0.1, 0.15) is 51.6 Å². The number of carbonyl (C=O) groups excluding carboxylic acids is 2. The van der Waals surface area contributed by atoms with Crippen LogP contribution in [-0.4, -0.2) is 88.5 Å². The molecular formula is C28H33N3O7. The molecule has 10 nitrogen and oxygen atoms in total. The van der Waals surface area contributed by atoms with E-state index in [1.54, 1.807) is 25.1 Å². The third-order valence-electron chi connectivity index (χ3n) is 7.70. The van der Waals surface area contributed by atoms with Gasteiger partial charge in [-0.3, -0.25) is 14.5 Å². The Hall–Kier alpha value is -3.63. The Balaban J connectivity index is 1.28. The maximum atomic E-state index is 13.3. The number of hydrogen-bond donors (Lipinski definition) is 3. The van der Waals surface area contributed by atoms with Gasteiger partial charge < -0.3 is 29.9 Å². The van der Waals surface area contributed by atoms with E-state index >= 15 is 0 Å². The van der Waals surface area contributed by atoms with Gasteiger partial charge in [0.2, 0.25) is 0 Å². The van der Waals surface area contributed by atoms with Crippen LogP contribution < -0.4 is 10.1 Å². The molecule has 202 valence electrons. The van der Waals surface area contributed by atoms with Crippen molar-refractivity contribution in [3.8, 4) is 5.75 Å². The predicted octanol–water partition coefficient (Wildman–Crippen LogP) is 2.28. The molecule has 3 aliphatic heterocycles. The molecule has 0 aromatic heterocycles. The highest BCUT2D eigenvalue weighted by Crippen LogP contribution is 2.32. The first kappa shape index (κ1) is 26.0. The maximum Gasteiger partial charge on any atom is 0.407 e. The SMILES string of the molecule is CCOc1cc(C(=O)N2C3CCC2COC3)ccc1C(=O)NCC(O)C1Cc2ccccc2CN1C(=O)O. The number of nitrogens with zero attached hydrogens (tertiary/aromatic N) is 2. The first-order valence-corrected chi connectivity index (χ1v) is 13.1. The summed E-state index contributed by atoms with van der Waals surface area (Å²) in [5, 5.41) is 23.3. The van der Waals surface area contributed by atoms with Gasteiger partial charge in [-0.2, -0.15) is 0 Å². The van der Waals surface area contributed by atoms with E-state index in [1.165, 1.54) is 4.90 Å². The first-order chi connectivity index (χ1) is 18.4. The molecule has 2 bridgehead atoms. The number of benzene rings is 2. The van der Waals surface area contributed by atoms with Crippen molar-refractivity contribution in [1.29, 1.82) is 0 Å². The van der Waals surface area contributed by atoms with Crippen LogP contribution in [-0.2, 0) is 17.7 Å². The molecule has 3 heterocycles. The van der Waals surface area contributed by atoms with E-state index in [0.717, 1.165) is 24.0 Å². The van der Waals surface area contributed by atoms with Crippen molar-refractivity contribution in [2.75, 3.05) is 26.4 Å². The maximum absolute atomic E-state index is 13.3. The fourth-order valence-corrected chi connectivity index (χ4v) is 5.76. The average Bonchev–Trinajstić information content (AvgIpc) is 3.17. The van der Waals surface area contributed by atoms with Gasteiger partial charge in [-0.1, -0.05) is 24.3 Å². The highest BCUT2D eigenvalue weighted by Gasteiger charge is 2.41. The molecule has 3 amide bonds. The Morgan fingerprint density at radius 2 is 1.82 bits per heavy atom. The van der Waals surface area contributed by atoms with Crippen molar-refractivity contribution in [3.63, 3.8) is 0 Å². The molecule has 2 aromatic carbocycles. The predicted molar refractivity (Wildman–Crippen MR) is 137 cm³/mol. The molecule has 3 aliphatic rings. The molecule has 2 fully saturated rings. The summed E-state index contributed by atoms with van der Waals surface area (Å²) in [5.74, 6) is -0.295. The third-order valence-corrected chi connectivity index (χ3v) is 7.70. The van der Waals surface area contributed by atoms with Gasteiger partial charge in [-0.05, 0) is 55.5 Å². The van der Waals surface area contributed by atoms with E-state index in [9.17, 15) is 24.6 Å². The normalized spacial score (nSPS) is 22.9. The Morgan fingerprint density at radius 3 is 2.50 bits per heavy atom. The van der Waals surface area contributed by atoms with E-state index in [-0.39, 0.29) is 42.4 Å². The minimum atomic E-state index is -1.12. The Labute approximate surface area is 221 Å². The lowest BCUT2D eigenvalue weighted by atomic mass is 9.91. The van der Waals surface area contributed by atoms with Gasteiger partial charge in [0.15, 0.2) is 0 Å². The van der Waals surface area contributed by atoms with Gasteiger partial charge in [0.25, 0.3) is 11.8 Å². The summed E-state index contributed by atoms with van der Waals surface area (Å²) in [7, 11) is 0. The zero-order valence-electron chi connectivity index (χ0n) is 21.3. The van der Waals surface area contributed by atoms with Gasteiger partial charge >= 0.3 is 6.09 Å². The van der Waals surface area contributed by atoms with E-state index in [4.69, 9.17) is 9.47 Å². The minimum absolute atomic E-state index is 0.0679.